The van der Waals surface area contributed by atoms with E-state index in [9.17, 15) is 37.5 Å². The summed E-state index contributed by atoms with van der Waals surface area (Å²) in [6.07, 6.45) is 0.734. The van der Waals surface area contributed by atoms with Gasteiger partial charge in [-0.2, -0.15) is 0 Å². The number of carbonyl (C=O) groups excluding carboxylic acids is 4. The van der Waals surface area contributed by atoms with Gasteiger partial charge in [0.2, 0.25) is 23.5 Å². The molecule has 3 heterocycles. The quantitative estimate of drug-likeness (QED) is 0.0478. The number of methoxy groups -OCH3 is 1. The highest BCUT2D eigenvalue weighted by molar-refractivity contribution is 6.58. The van der Waals surface area contributed by atoms with Gasteiger partial charge in [0, 0.05) is 17.0 Å². The van der Waals surface area contributed by atoms with Crippen molar-refractivity contribution in [1.29, 1.82) is 0 Å². The molecule has 4 amide bonds. The van der Waals surface area contributed by atoms with Crippen LogP contribution in [0.4, 0.5) is 33.3 Å². The zero-order valence-electron chi connectivity index (χ0n) is 29.0. The molecule has 6 atom stereocenters. The van der Waals surface area contributed by atoms with Crippen LogP contribution in [0.3, 0.4) is 0 Å². The number of amides is 4. The number of nitrogens with zero attached hydrogens (tertiary/aromatic N) is 3. The molecule has 290 valence electrons. The van der Waals surface area contributed by atoms with Crippen molar-refractivity contribution in [2.24, 2.45) is 17.8 Å². The number of aromatic hydroxyl groups is 1. The van der Waals surface area contributed by atoms with E-state index < -0.39 is 104 Å². The highest BCUT2D eigenvalue weighted by Crippen LogP contribution is 2.67. The van der Waals surface area contributed by atoms with Gasteiger partial charge in [0.25, 0.3) is 11.8 Å². The molecular weight excluding hydrogens is 800 g/mol. The topological polar surface area (TPSA) is 130 Å². The van der Waals surface area contributed by atoms with E-state index in [1.54, 1.807) is 36.4 Å². The maximum Gasteiger partial charge on any atom is 0.258 e. The molecule has 9 rings (SSSR count). The lowest BCUT2D eigenvalue weighted by Crippen LogP contribution is -2.60. The Kier molecular flexibility index (Phi) is 8.14. The van der Waals surface area contributed by atoms with Crippen molar-refractivity contribution in [3.8, 4) is 23.0 Å². The highest BCUT2D eigenvalue weighted by atomic mass is 35.5. The van der Waals surface area contributed by atoms with Crippen molar-refractivity contribution in [1.82, 2.24) is 4.98 Å². The van der Waals surface area contributed by atoms with Gasteiger partial charge in [-0.3, -0.25) is 24.1 Å². The molecule has 2 aliphatic carbocycles. The number of hydrogen-bond acceptors (Lipinski definition) is 8. The maximum atomic E-state index is 15.3. The summed E-state index contributed by atoms with van der Waals surface area (Å²) >= 11 is 14.3. The summed E-state index contributed by atoms with van der Waals surface area (Å²) in [6.45, 7) is 0. The lowest BCUT2D eigenvalue weighted by atomic mass is 9.56. The summed E-state index contributed by atoms with van der Waals surface area (Å²) in [5.41, 5.74) is 0.00669. The second-order valence-corrected chi connectivity index (χ2v) is 15.4. The number of phenolic OH excluding ortho intramolecular Hbond substituents is 1. The highest BCUT2D eigenvalue weighted by Gasteiger charge is 2.77. The molecule has 1 aromatic heterocycles. The molecular formula is C40H24Cl2F5N3O7. The van der Waals surface area contributed by atoms with E-state index in [4.69, 9.17) is 32.4 Å². The van der Waals surface area contributed by atoms with Crippen LogP contribution in [0.1, 0.15) is 24.3 Å². The predicted octanol–water partition coefficient (Wildman–Crippen LogP) is 7.67. The number of rotatable bonds is 5. The zero-order valence-corrected chi connectivity index (χ0v) is 30.5. The van der Waals surface area contributed by atoms with Gasteiger partial charge in [-0.1, -0.05) is 35.9 Å². The van der Waals surface area contributed by atoms with E-state index in [0.717, 1.165) is 4.90 Å². The Morgan fingerprint density at radius 2 is 1.47 bits per heavy atom. The number of oxazole rings is 1. The number of ether oxygens (including phenoxy) is 1. The Labute approximate surface area is 328 Å². The minimum absolute atomic E-state index is 0.0917. The monoisotopic (exact) mass is 823 g/mol. The number of alkyl halides is 2. The molecule has 0 radical (unpaired) electrons. The van der Waals surface area contributed by atoms with Crippen LogP contribution in [0.25, 0.3) is 22.6 Å². The fourth-order valence-electron chi connectivity index (χ4n) is 8.85. The number of carbonyl (C=O) groups is 4. The van der Waals surface area contributed by atoms with Crippen molar-refractivity contribution in [2.75, 3.05) is 16.9 Å². The van der Waals surface area contributed by atoms with Gasteiger partial charge in [0.1, 0.15) is 11.2 Å². The number of fused-ring (bicyclic) bond motifs is 5. The average Bonchev–Trinajstić information content (AvgIpc) is 3.80. The number of para-hydroxylation sites is 3. The van der Waals surface area contributed by atoms with Crippen molar-refractivity contribution in [3.63, 3.8) is 0 Å². The van der Waals surface area contributed by atoms with Crippen molar-refractivity contribution in [2.45, 2.75) is 28.5 Å². The van der Waals surface area contributed by atoms with Crippen LogP contribution in [0.2, 0.25) is 0 Å². The number of hydrogen-bond donors (Lipinski definition) is 1. The van der Waals surface area contributed by atoms with E-state index in [-0.39, 0.29) is 33.9 Å². The lowest BCUT2D eigenvalue weighted by Gasteiger charge is -2.50. The molecule has 1 saturated carbocycles. The van der Waals surface area contributed by atoms with Crippen LogP contribution in [-0.2, 0) is 19.2 Å². The molecule has 5 aromatic rings. The van der Waals surface area contributed by atoms with Crippen molar-refractivity contribution < 1.29 is 55.4 Å². The minimum atomic E-state index is -2.81. The van der Waals surface area contributed by atoms with Gasteiger partial charge in [0.05, 0.1) is 24.6 Å². The van der Waals surface area contributed by atoms with Gasteiger partial charge in [-0.15, -0.1) is 23.2 Å². The smallest absolute Gasteiger partial charge is 0.258 e. The fourth-order valence-corrected chi connectivity index (χ4v) is 9.78. The van der Waals surface area contributed by atoms with E-state index in [0.29, 0.717) is 22.6 Å². The van der Waals surface area contributed by atoms with Crippen molar-refractivity contribution in [3.05, 3.63) is 113 Å². The first-order chi connectivity index (χ1) is 27.1. The molecule has 2 aliphatic heterocycles. The van der Waals surface area contributed by atoms with Crippen molar-refractivity contribution >= 4 is 69.3 Å². The first-order valence-electron chi connectivity index (χ1n) is 17.3. The van der Waals surface area contributed by atoms with Crippen LogP contribution < -0.4 is 14.5 Å². The Morgan fingerprint density at radius 1 is 0.807 bits per heavy atom. The number of aromatic nitrogens is 1. The third kappa shape index (κ3) is 4.78. The normalized spacial score (nSPS) is 26.8. The Morgan fingerprint density at radius 3 is 2.14 bits per heavy atom. The molecule has 2 saturated heterocycles. The SMILES string of the molecule is COc1cccc(C2C3=CCC4C(=O)N(c5ccc(-c6nc7ccccc7o6)cc5)C(=O)C4C3CC3(Cl)C(=O)N(c4c(F)c(F)c(F)c(F)c4F)C(=O)C23Cl)c1O. The minimum Gasteiger partial charge on any atom is -0.504 e. The first kappa shape index (κ1) is 36.8. The molecule has 17 heteroatoms. The number of halogens is 7. The maximum absolute atomic E-state index is 15.3. The predicted molar refractivity (Wildman–Crippen MR) is 193 cm³/mol. The summed E-state index contributed by atoms with van der Waals surface area (Å²) in [5, 5.41) is 11.4. The second-order valence-electron chi connectivity index (χ2n) is 14.1. The third-order valence-electron chi connectivity index (χ3n) is 11.4. The summed E-state index contributed by atoms with van der Waals surface area (Å²) in [4.78, 5) is 57.1. The molecule has 0 bridgehead atoms. The van der Waals surface area contributed by atoms with E-state index in [1.807, 2.05) is 0 Å². The third-order valence-corrected chi connectivity index (χ3v) is 12.9. The Hall–Kier alpha value is -5.80. The molecule has 1 N–H and O–H groups in total. The largest absolute Gasteiger partial charge is 0.504 e. The van der Waals surface area contributed by atoms with Crippen LogP contribution in [0.15, 0.2) is 82.8 Å². The number of allylic oxidation sites excluding steroid dienone is 2. The first-order valence-corrected chi connectivity index (χ1v) is 18.1. The summed E-state index contributed by atoms with van der Waals surface area (Å²) in [5.74, 6) is -22.6. The second kappa shape index (κ2) is 12.6. The number of imide groups is 2. The van der Waals surface area contributed by atoms with E-state index in [1.165, 1.54) is 43.5 Å². The molecule has 4 aliphatic rings. The molecule has 6 unspecified atom stereocenters. The van der Waals surface area contributed by atoms with Crippen LogP contribution >= 0.6 is 23.2 Å². The standard InChI is InChI=1S/C40H24Cl2F5N3O7/c1-56-24-8-4-5-20(33(24)51)26-18-13-14-19-25(36(53)49(35(19)52)17-11-9-16(10-12-17)34-48-22-6-2-3-7-23(22)57-34)21(18)15-39(41)37(54)50(38(55)40(26,39)42)32-30(46)28(44)27(43)29(45)31(32)47/h2-13,19,21,25-26,51H,14-15H2,1H3. The molecule has 10 nitrogen and oxygen atoms in total. The Balaban J connectivity index is 1.16. The van der Waals surface area contributed by atoms with Gasteiger partial charge >= 0.3 is 0 Å². The fraction of sp³-hybridized carbons (Fsp3) is 0.225. The van der Waals surface area contributed by atoms with Gasteiger partial charge < -0.3 is 14.3 Å². The number of phenols is 1. The van der Waals surface area contributed by atoms with Crippen LogP contribution in [0, 0.1) is 46.8 Å². The van der Waals surface area contributed by atoms with E-state index in [2.05, 4.69) is 4.98 Å². The van der Waals surface area contributed by atoms with E-state index >= 15 is 8.78 Å². The summed E-state index contributed by atoms with van der Waals surface area (Å²) in [7, 11) is 1.22. The molecule has 3 fully saturated rings. The molecule has 4 aromatic carbocycles. The number of anilines is 2. The van der Waals surface area contributed by atoms with Crippen LogP contribution in [0.5, 0.6) is 11.5 Å². The van der Waals surface area contributed by atoms with Gasteiger partial charge in [0.15, 0.2) is 50.1 Å². The number of benzene rings is 4. The average molecular weight is 825 g/mol. The summed E-state index contributed by atoms with van der Waals surface area (Å²) in [6, 6.07) is 17.5. The van der Waals surface area contributed by atoms with Gasteiger partial charge in [-0.05, 0) is 61.2 Å². The molecule has 0 spiro atoms. The lowest BCUT2D eigenvalue weighted by molar-refractivity contribution is -0.125. The zero-order chi connectivity index (χ0) is 40.5. The van der Waals surface area contributed by atoms with Crippen LogP contribution in [-0.4, -0.2) is 50.6 Å². The van der Waals surface area contributed by atoms with Gasteiger partial charge in [-0.25, -0.2) is 31.8 Å². The molecule has 57 heavy (non-hydrogen) atoms. The Bertz CT molecular complexity index is 2610. The summed E-state index contributed by atoms with van der Waals surface area (Å²) < 4.78 is 85.0.